The molecule has 0 aliphatic heterocycles. The fraction of sp³-hybridized carbons (Fsp3) is 0.316. The largest absolute Gasteiger partial charge is 0.497 e. The van der Waals surface area contributed by atoms with Gasteiger partial charge in [-0.15, -0.1) is 0 Å². The van der Waals surface area contributed by atoms with Gasteiger partial charge < -0.3 is 15.2 Å². The van der Waals surface area contributed by atoms with E-state index in [0.29, 0.717) is 33.9 Å². The van der Waals surface area contributed by atoms with Crippen LogP contribution in [-0.4, -0.2) is 13.2 Å². The summed E-state index contributed by atoms with van der Waals surface area (Å²) in [6.45, 7) is 3.91. The minimum Gasteiger partial charge on any atom is -0.497 e. The lowest BCUT2D eigenvalue weighted by atomic mass is 9.87. The lowest BCUT2D eigenvalue weighted by molar-refractivity contribution is 0.0391. The molecule has 132 valence electrons. The molecular weight excluding hydrogens is 345 g/mol. The molecule has 0 bridgehead atoms. The smallest absolute Gasteiger partial charge is 0.405 e. The molecule has 0 heterocycles. The van der Waals surface area contributed by atoms with Gasteiger partial charge in [0.15, 0.2) is 0 Å². The van der Waals surface area contributed by atoms with E-state index >= 15 is 0 Å². The Morgan fingerprint density at radius 3 is 2.60 bits per heavy atom. The van der Waals surface area contributed by atoms with Crippen molar-refractivity contribution in [2.24, 2.45) is 11.1 Å². The van der Waals surface area contributed by atoms with Crippen molar-refractivity contribution < 1.29 is 18.7 Å². The highest BCUT2D eigenvalue weighted by Crippen LogP contribution is 2.49. The van der Waals surface area contributed by atoms with E-state index in [1.165, 1.54) is 6.07 Å². The van der Waals surface area contributed by atoms with Gasteiger partial charge in [-0.25, -0.2) is 9.18 Å². The van der Waals surface area contributed by atoms with Gasteiger partial charge in [-0.05, 0) is 47.9 Å². The number of nitrogens with two attached hydrogens (primary N) is 1. The van der Waals surface area contributed by atoms with Crippen molar-refractivity contribution in [2.45, 2.75) is 26.4 Å². The Balaban J connectivity index is 2.08. The Labute approximate surface area is 150 Å². The van der Waals surface area contributed by atoms with Crippen LogP contribution >= 0.6 is 11.6 Å². The second-order valence-electron chi connectivity index (χ2n) is 6.86. The van der Waals surface area contributed by atoms with Gasteiger partial charge in [0, 0.05) is 16.5 Å². The Kier molecular flexibility index (Phi) is 4.37. The minimum absolute atomic E-state index is 0.369. The summed E-state index contributed by atoms with van der Waals surface area (Å²) >= 11 is 6.29. The molecule has 1 aliphatic rings. The number of ether oxygens (including phenoxy) is 2. The second kappa shape index (κ2) is 6.23. The zero-order valence-electron chi connectivity index (χ0n) is 14.2. The summed E-state index contributed by atoms with van der Waals surface area (Å²) in [6, 6.07) is 8.28. The van der Waals surface area contributed by atoms with Crippen LogP contribution in [0.2, 0.25) is 5.02 Å². The zero-order valence-corrected chi connectivity index (χ0v) is 15.0. The number of benzene rings is 2. The fourth-order valence-electron chi connectivity index (χ4n) is 3.42. The third kappa shape index (κ3) is 3.16. The molecule has 0 fully saturated rings. The molecule has 0 aromatic heterocycles. The van der Waals surface area contributed by atoms with Crippen molar-refractivity contribution in [2.75, 3.05) is 7.11 Å². The predicted molar refractivity (Wildman–Crippen MR) is 94.3 cm³/mol. The molecule has 4 nitrogen and oxygen atoms in total. The quantitative estimate of drug-likeness (QED) is 0.845. The molecule has 0 saturated heterocycles. The van der Waals surface area contributed by atoms with Crippen molar-refractivity contribution >= 4 is 17.7 Å². The number of hydrogen-bond donors (Lipinski definition) is 1. The fourth-order valence-corrected chi connectivity index (χ4v) is 3.69. The topological polar surface area (TPSA) is 61.6 Å². The number of carbonyl (C=O) groups is 1. The van der Waals surface area contributed by atoms with E-state index < -0.39 is 18.0 Å². The van der Waals surface area contributed by atoms with Crippen LogP contribution in [0.5, 0.6) is 5.75 Å². The standard InChI is InChI=1S/C19H19ClFNO3/c1-19(2)9-10-6-14(12-5-4-11(24-3)7-15(12)20)16(21)8-13(10)17(19)25-18(22)23/h4-8,17H,9H2,1-3H3,(H2,22,23)/t17-/m0/s1. The number of rotatable bonds is 3. The van der Waals surface area contributed by atoms with E-state index in [2.05, 4.69) is 0 Å². The summed E-state index contributed by atoms with van der Waals surface area (Å²) in [6.07, 6.45) is -0.801. The van der Waals surface area contributed by atoms with E-state index in [0.717, 1.165) is 5.56 Å². The van der Waals surface area contributed by atoms with Crippen LogP contribution in [0.3, 0.4) is 0 Å². The number of fused-ring (bicyclic) bond motifs is 1. The summed E-state index contributed by atoms with van der Waals surface area (Å²) in [4.78, 5) is 11.2. The summed E-state index contributed by atoms with van der Waals surface area (Å²) in [5.74, 6) is 0.174. The first-order valence-corrected chi connectivity index (χ1v) is 8.23. The van der Waals surface area contributed by atoms with Crippen LogP contribution < -0.4 is 10.5 Å². The average molecular weight is 364 g/mol. The Morgan fingerprint density at radius 1 is 1.28 bits per heavy atom. The molecule has 0 saturated carbocycles. The van der Waals surface area contributed by atoms with Crippen molar-refractivity contribution in [3.05, 3.63) is 52.3 Å². The highest BCUT2D eigenvalue weighted by Gasteiger charge is 2.42. The van der Waals surface area contributed by atoms with Gasteiger partial charge in [-0.1, -0.05) is 25.4 Å². The first kappa shape index (κ1) is 17.5. The third-order valence-corrected chi connectivity index (χ3v) is 4.88. The summed E-state index contributed by atoms with van der Waals surface area (Å²) in [5, 5.41) is 0.403. The Bertz CT molecular complexity index is 851. The third-order valence-electron chi connectivity index (χ3n) is 4.57. The van der Waals surface area contributed by atoms with E-state index in [1.807, 2.05) is 13.8 Å². The Morgan fingerprint density at radius 2 is 2.00 bits per heavy atom. The van der Waals surface area contributed by atoms with E-state index in [1.54, 1.807) is 31.4 Å². The van der Waals surface area contributed by atoms with Crippen LogP contribution in [-0.2, 0) is 11.2 Å². The molecule has 6 heteroatoms. The Hall–Kier alpha value is -2.27. The predicted octanol–water partition coefficient (Wildman–Crippen LogP) is 4.87. The van der Waals surface area contributed by atoms with Crippen LogP contribution in [0.25, 0.3) is 11.1 Å². The molecule has 1 aliphatic carbocycles. The average Bonchev–Trinajstić information content (AvgIpc) is 2.76. The maximum atomic E-state index is 14.8. The SMILES string of the molecule is COc1ccc(-c2cc3c(cc2F)[C@H](OC(N)=O)C(C)(C)C3)c(Cl)c1. The number of primary amides is 1. The van der Waals surface area contributed by atoms with Gasteiger partial charge in [-0.2, -0.15) is 0 Å². The number of hydrogen-bond acceptors (Lipinski definition) is 3. The molecular formula is C19H19ClFNO3. The molecule has 2 N–H and O–H groups in total. The first-order valence-electron chi connectivity index (χ1n) is 7.85. The molecule has 1 atom stereocenters. The monoisotopic (exact) mass is 363 g/mol. The van der Waals surface area contributed by atoms with Crippen molar-refractivity contribution in [1.29, 1.82) is 0 Å². The lowest BCUT2D eigenvalue weighted by Crippen LogP contribution is -2.25. The van der Waals surface area contributed by atoms with Crippen molar-refractivity contribution in [3.63, 3.8) is 0 Å². The number of carbonyl (C=O) groups excluding carboxylic acids is 1. The van der Waals surface area contributed by atoms with Gasteiger partial charge in [0.25, 0.3) is 0 Å². The van der Waals surface area contributed by atoms with Gasteiger partial charge in [0.1, 0.15) is 17.7 Å². The highest BCUT2D eigenvalue weighted by molar-refractivity contribution is 6.33. The molecule has 0 radical (unpaired) electrons. The maximum absolute atomic E-state index is 14.8. The van der Waals surface area contributed by atoms with Gasteiger partial charge in [-0.3, -0.25) is 0 Å². The summed E-state index contributed by atoms with van der Waals surface area (Å²) in [5.41, 5.74) is 7.36. The number of methoxy groups -OCH3 is 1. The number of halogens is 2. The maximum Gasteiger partial charge on any atom is 0.405 e. The molecule has 0 unspecified atom stereocenters. The second-order valence-corrected chi connectivity index (χ2v) is 7.27. The molecule has 25 heavy (non-hydrogen) atoms. The van der Waals surface area contributed by atoms with Crippen LogP contribution in [0.4, 0.5) is 9.18 Å². The highest BCUT2D eigenvalue weighted by atomic mass is 35.5. The lowest BCUT2D eigenvalue weighted by Gasteiger charge is -2.26. The molecule has 1 amide bonds. The normalized spacial score (nSPS) is 17.9. The first-order chi connectivity index (χ1) is 11.7. The van der Waals surface area contributed by atoms with Crippen LogP contribution in [0.15, 0.2) is 30.3 Å². The number of amides is 1. The zero-order chi connectivity index (χ0) is 18.4. The van der Waals surface area contributed by atoms with Gasteiger partial charge in [0.05, 0.1) is 12.1 Å². The summed E-state index contributed by atoms with van der Waals surface area (Å²) < 4.78 is 25.2. The van der Waals surface area contributed by atoms with Gasteiger partial charge >= 0.3 is 6.09 Å². The van der Waals surface area contributed by atoms with E-state index in [-0.39, 0.29) is 5.41 Å². The summed E-state index contributed by atoms with van der Waals surface area (Å²) in [7, 11) is 1.54. The minimum atomic E-state index is -0.867. The van der Waals surface area contributed by atoms with Crippen LogP contribution in [0.1, 0.15) is 31.1 Å². The molecule has 0 spiro atoms. The van der Waals surface area contributed by atoms with Crippen molar-refractivity contribution in [3.8, 4) is 16.9 Å². The van der Waals surface area contributed by atoms with Gasteiger partial charge in [0.2, 0.25) is 0 Å². The van der Waals surface area contributed by atoms with Crippen LogP contribution in [0, 0.1) is 11.2 Å². The van der Waals surface area contributed by atoms with E-state index in [4.69, 9.17) is 26.8 Å². The van der Waals surface area contributed by atoms with Crippen molar-refractivity contribution in [1.82, 2.24) is 0 Å². The molecule has 3 rings (SSSR count). The molecule has 2 aromatic carbocycles. The van der Waals surface area contributed by atoms with E-state index in [9.17, 15) is 9.18 Å². The molecule has 2 aromatic rings.